The summed E-state index contributed by atoms with van der Waals surface area (Å²) in [7, 11) is 0. The number of aliphatic hydroxyl groups is 1. The average Bonchev–Trinajstić information content (AvgIpc) is 2.91. The third-order valence-corrected chi connectivity index (χ3v) is 3.63. The Morgan fingerprint density at radius 1 is 1.14 bits per heavy atom. The van der Waals surface area contributed by atoms with E-state index in [0.29, 0.717) is 30.6 Å². The van der Waals surface area contributed by atoms with Crippen LogP contribution in [0, 0.1) is 5.92 Å². The predicted octanol–water partition coefficient (Wildman–Crippen LogP) is 3.33. The second-order valence-corrected chi connectivity index (χ2v) is 5.49. The summed E-state index contributed by atoms with van der Waals surface area (Å²) >= 11 is 0. The van der Waals surface area contributed by atoms with Gasteiger partial charge in [0.05, 0.1) is 13.2 Å². The van der Waals surface area contributed by atoms with E-state index in [2.05, 4.69) is 6.92 Å². The molecule has 21 heavy (non-hydrogen) atoms. The Morgan fingerprint density at radius 3 is 2.62 bits per heavy atom. The first kappa shape index (κ1) is 14.0. The summed E-state index contributed by atoms with van der Waals surface area (Å²) in [5.41, 5.74) is 0.740. The van der Waals surface area contributed by atoms with Gasteiger partial charge >= 0.3 is 0 Å². The Kier molecular flexibility index (Phi) is 3.88. The Morgan fingerprint density at radius 2 is 1.90 bits per heavy atom. The van der Waals surface area contributed by atoms with Crippen LogP contribution in [0.2, 0.25) is 0 Å². The summed E-state index contributed by atoms with van der Waals surface area (Å²) < 4.78 is 17.1. The maximum atomic E-state index is 10.4. The molecule has 1 aromatic heterocycles. The smallest absolute Gasteiger partial charge is 0.161 e. The van der Waals surface area contributed by atoms with Crippen molar-refractivity contribution in [3.63, 3.8) is 0 Å². The molecule has 4 nitrogen and oxygen atoms in total. The molecule has 1 aromatic carbocycles. The van der Waals surface area contributed by atoms with E-state index in [-0.39, 0.29) is 0 Å². The monoisotopic (exact) mass is 288 g/mol. The van der Waals surface area contributed by atoms with E-state index in [1.165, 1.54) is 0 Å². The maximum Gasteiger partial charge on any atom is 0.161 e. The highest BCUT2D eigenvalue weighted by Gasteiger charge is 2.20. The molecule has 0 saturated heterocycles. The first-order valence-electron chi connectivity index (χ1n) is 7.33. The van der Waals surface area contributed by atoms with Crippen LogP contribution >= 0.6 is 0 Å². The van der Waals surface area contributed by atoms with Gasteiger partial charge in [-0.1, -0.05) is 19.9 Å². The van der Waals surface area contributed by atoms with Gasteiger partial charge in [0.15, 0.2) is 11.5 Å². The lowest BCUT2D eigenvalue weighted by Gasteiger charge is -2.12. The molecular formula is C17H20O4. The largest absolute Gasteiger partial charge is 0.489 e. The van der Waals surface area contributed by atoms with Crippen LogP contribution in [-0.4, -0.2) is 18.3 Å². The van der Waals surface area contributed by atoms with E-state index in [0.717, 1.165) is 23.5 Å². The first-order valence-corrected chi connectivity index (χ1v) is 7.33. The molecule has 2 aromatic rings. The summed E-state index contributed by atoms with van der Waals surface area (Å²) in [6.07, 6.45) is 0.0195. The normalized spacial score (nSPS) is 19.1. The van der Waals surface area contributed by atoms with Crippen molar-refractivity contribution in [2.75, 3.05) is 13.2 Å². The lowest BCUT2D eigenvalue weighted by atomic mass is 10.1. The zero-order chi connectivity index (χ0) is 14.8. The molecule has 1 N–H and O–H groups in total. The molecule has 0 radical (unpaired) electrons. The second-order valence-electron chi connectivity index (χ2n) is 5.49. The van der Waals surface area contributed by atoms with Gasteiger partial charge in [0.1, 0.15) is 17.6 Å². The molecule has 0 saturated carbocycles. The Hall–Kier alpha value is -1.94. The number of aliphatic hydroxyl groups excluding tert-OH is 1. The molecule has 0 fully saturated rings. The molecule has 1 aliphatic rings. The molecule has 4 heteroatoms. The fourth-order valence-electron chi connectivity index (χ4n) is 2.33. The number of rotatable bonds is 3. The molecule has 2 heterocycles. The highest BCUT2D eigenvalue weighted by atomic mass is 16.5. The van der Waals surface area contributed by atoms with E-state index in [1.807, 2.05) is 37.3 Å². The van der Waals surface area contributed by atoms with Gasteiger partial charge in [0, 0.05) is 12.3 Å². The molecule has 112 valence electrons. The Bertz CT molecular complexity index is 617. The zero-order valence-corrected chi connectivity index (χ0v) is 12.3. The summed E-state index contributed by atoms with van der Waals surface area (Å²) in [5, 5.41) is 10.4. The van der Waals surface area contributed by atoms with Crippen molar-refractivity contribution in [1.29, 1.82) is 0 Å². The van der Waals surface area contributed by atoms with Gasteiger partial charge in [-0.3, -0.25) is 0 Å². The summed E-state index contributed by atoms with van der Waals surface area (Å²) in [5.74, 6) is 3.17. The highest BCUT2D eigenvalue weighted by molar-refractivity contribution is 5.45. The Labute approximate surface area is 124 Å². The average molecular weight is 288 g/mol. The quantitative estimate of drug-likeness (QED) is 0.941. The molecular weight excluding hydrogens is 268 g/mol. The van der Waals surface area contributed by atoms with Crippen molar-refractivity contribution in [2.45, 2.75) is 26.4 Å². The van der Waals surface area contributed by atoms with Crippen molar-refractivity contribution in [3.8, 4) is 11.5 Å². The fraction of sp³-hybridized carbons (Fsp3) is 0.412. The van der Waals surface area contributed by atoms with Crippen LogP contribution in [0.25, 0.3) is 0 Å². The minimum atomic E-state index is -0.792. The standard InChI is InChI=1S/C17H20O4/c1-3-13-5-7-15(21-13)17(18)12-4-6-14-16(8-12)20-10-11(2)9-19-14/h4-8,11,17-18H,3,9-10H2,1-2H3. The number of furan rings is 1. The van der Waals surface area contributed by atoms with Gasteiger partial charge < -0.3 is 19.0 Å². The second kappa shape index (κ2) is 5.82. The highest BCUT2D eigenvalue weighted by Crippen LogP contribution is 2.35. The van der Waals surface area contributed by atoms with Crippen LogP contribution in [0.1, 0.15) is 37.0 Å². The molecule has 3 rings (SSSR count). The number of ether oxygens (including phenoxy) is 2. The number of aryl methyl sites for hydroxylation is 1. The summed E-state index contributed by atoms with van der Waals surface area (Å²) in [6, 6.07) is 9.22. The van der Waals surface area contributed by atoms with Crippen molar-refractivity contribution in [3.05, 3.63) is 47.4 Å². The molecule has 0 amide bonds. The van der Waals surface area contributed by atoms with Gasteiger partial charge in [-0.15, -0.1) is 0 Å². The van der Waals surface area contributed by atoms with E-state index in [1.54, 1.807) is 0 Å². The van der Waals surface area contributed by atoms with Crippen molar-refractivity contribution >= 4 is 0 Å². The molecule has 1 aliphatic heterocycles. The van der Waals surface area contributed by atoms with Gasteiger partial charge in [-0.2, -0.15) is 0 Å². The van der Waals surface area contributed by atoms with Crippen LogP contribution in [0.15, 0.2) is 34.7 Å². The summed E-state index contributed by atoms with van der Waals surface area (Å²) in [4.78, 5) is 0. The lowest BCUT2D eigenvalue weighted by Crippen LogP contribution is -2.12. The van der Waals surface area contributed by atoms with Crippen LogP contribution < -0.4 is 9.47 Å². The van der Waals surface area contributed by atoms with E-state index in [9.17, 15) is 5.11 Å². The van der Waals surface area contributed by atoms with Crippen molar-refractivity contribution in [1.82, 2.24) is 0 Å². The molecule has 2 unspecified atom stereocenters. The lowest BCUT2D eigenvalue weighted by molar-refractivity contribution is 0.186. The van der Waals surface area contributed by atoms with E-state index >= 15 is 0 Å². The Balaban J connectivity index is 1.86. The number of benzene rings is 1. The summed E-state index contributed by atoms with van der Waals surface area (Å²) in [6.45, 7) is 5.36. The molecule has 0 aliphatic carbocycles. The van der Waals surface area contributed by atoms with Gasteiger partial charge in [-0.25, -0.2) is 0 Å². The molecule has 2 atom stereocenters. The minimum absolute atomic E-state index is 0.350. The zero-order valence-electron chi connectivity index (χ0n) is 12.3. The van der Waals surface area contributed by atoms with Crippen molar-refractivity contribution in [2.24, 2.45) is 5.92 Å². The van der Waals surface area contributed by atoms with Crippen LogP contribution in [-0.2, 0) is 6.42 Å². The minimum Gasteiger partial charge on any atom is -0.489 e. The maximum absolute atomic E-state index is 10.4. The van der Waals surface area contributed by atoms with E-state index < -0.39 is 6.10 Å². The number of hydrogen-bond donors (Lipinski definition) is 1. The predicted molar refractivity (Wildman–Crippen MR) is 78.7 cm³/mol. The van der Waals surface area contributed by atoms with Gasteiger partial charge in [0.25, 0.3) is 0 Å². The third-order valence-electron chi connectivity index (χ3n) is 3.63. The first-order chi connectivity index (χ1) is 10.2. The van der Waals surface area contributed by atoms with E-state index in [4.69, 9.17) is 13.9 Å². The third kappa shape index (κ3) is 2.90. The number of fused-ring (bicyclic) bond motifs is 1. The van der Waals surface area contributed by atoms with Crippen molar-refractivity contribution < 1.29 is 19.0 Å². The topological polar surface area (TPSA) is 51.8 Å². The van der Waals surface area contributed by atoms with Crippen LogP contribution in [0.4, 0.5) is 0 Å². The fourth-order valence-corrected chi connectivity index (χ4v) is 2.33. The number of hydrogen-bond acceptors (Lipinski definition) is 4. The SMILES string of the molecule is CCc1ccc(C(O)c2ccc3c(c2)OCC(C)CO3)o1. The molecule has 0 bridgehead atoms. The molecule has 0 spiro atoms. The van der Waals surface area contributed by atoms with Crippen LogP contribution in [0.5, 0.6) is 11.5 Å². The van der Waals surface area contributed by atoms with Gasteiger partial charge in [0.2, 0.25) is 0 Å². The van der Waals surface area contributed by atoms with Gasteiger partial charge in [-0.05, 0) is 29.8 Å². The van der Waals surface area contributed by atoms with Crippen LogP contribution in [0.3, 0.4) is 0 Å².